The lowest BCUT2D eigenvalue weighted by molar-refractivity contribution is -0.0909. The molecule has 1 aliphatic rings. The van der Waals surface area contributed by atoms with Gasteiger partial charge in [0.25, 0.3) is 0 Å². The van der Waals surface area contributed by atoms with E-state index in [0.717, 1.165) is 19.6 Å². The molecule has 0 aromatic heterocycles. The molecule has 5 nitrogen and oxygen atoms in total. The van der Waals surface area contributed by atoms with Gasteiger partial charge in [-0.2, -0.15) is 5.06 Å². The molecule has 1 N–H and O–H groups in total. The number of hydrogen-bond acceptors (Lipinski definition) is 4. The van der Waals surface area contributed by atoms with E-state index in [1.165, 1.54) is 5.06 Å². The van der Waals surface area contributed by atoms with Gasteiger partial charge in [0.15, 0.2) is 0 Å². The van der Waals surface area contributed by atoms with Gasteiger partial charge in [-0.3, -0.25) is 0 Å². The largest absolute Gasteiger partial charge is 0.438 e. The lowest BCUT2D eigenvalue weighted by Gasteiger charge is -2.32. The molecule has 1 heterocycles. The van der Waals surface area contributed by atoms with Crippen LogP contribution in [0.1, 0.15) is 6.92 Å². The quantitative estimate of drug-likeness (QED) is 0.728. The molecule has 78 valence electrons. The Kier molecular flexibility index (Phi) is 4.16. The summed E-state index contributed by atoms with van der Waals surface area (Å²) in [6.07, 6.45) is 0. The fraction of sp³-hybridized carbons (Fsp3) is 1.00. The SMILES string of the molecule is CCN1CCN(OP(=O)(O)Cl)CC1. The third-order valence-corrected chi connectivity index (χ3v) is 2.61. The molecule has 1 rings (SSSR count). The van der Waals surface area contributed by atoms with E-state index >= 15 is 0 Å². The van der Waals surface area contributed by atoms with Gasteiger partial charge in [0, 0.05) is 37.4 Å². The average Bonchev–Trinajstić information content (AvgIpc) is 2.03. The molecule has 13 heavy (non-hydrogen) atoms. The Hall–Kier alpha value is 0.360. The predicted octanol–water partition coefficient (Wildman–Crippen LogP) is 0.895. The molecular formula is C6H14ClN2O3P. The lowest BCUT2D eigenvalue weighted by atomic mass is 10.4. The van der Waals surface area contributed by atoms with Crippen molar-refractivity contribution in [2.24, 2.45) is 0 Å². The number of nitrogens with zero attached hydrogens (tertiary/aromatic N) is 2. The van der Waals surface area contributed by atoms with Crippen LogP contribution in [0.2, 0.25) is 0 Å². The Morgan fingerprint density at radius 2 is 2.00 bits per heavy atom. The summed E-state index contributed by atoms with van der Waals surface area (Å²) >= 11 is 5.07. The molecule has 1 fully saturated rings. The third-order valence-electron chi connectivity index (χ3n) is 1.99. The van der Waals surface area contributed by atoms with Gasteiger partial charge in [0.1, 0.15) is 0 Å². The van der Waals surface area contributed by atoms with Crippen LogP contribution in [0.5, 0.6) is 0 Å². The molecule has 0 aliphatic carbocycles. The van der Waals surface area contributed by atoms with E-state index in [9.17, 15) is 4.57 Å². The Labute approximate surface area is 82.5 Å². The first-order valence-corrected chi connectivity index (χ1v) is 6.69. The van der Waals surface area contributed by atoms with Gasteiger partial charge in [0.2, 0.25) is 0 Å². The molecule has 1 atom stereocenters. The second-order valence-corrected chi connectivity index (χ2v) is 5.24. The van der Waals surface area contributed by atoms with Gasteiger partial charge < -0.3 is 9.79 Å². The maximum absolute atomic E-state index is 10.7. The van der Waals surface area contributed by atoms with Crippen molar-refractivity contribution in [1.29, 1.82) is 0 Å². The fourth-order valence-electron chi connectivity index (χ4n) is 1.27. The number of hydroxylamine groups is 2. The highest BCUT2D eigenvalue weighted by atomic mass is 35.7. The van der Waals surface area contributed by atoms with E-state index in [1.807, 2.05) is 0 Å². The summed E-state index contributed by atoms with van der Waals surface area (Å²) < 4.78 is 15.3. The topological polar surface area (TPSA) is 53.0 Å². The van der Waals surface area contributed by atoms with Crippen LogP contribution in [0.25, 0.3) is 0 Å². The molecule has 7 heteroatoms. The van der Waals surface area contributed by atoms with Gasteiger partial charge >= 0.3 is 6.95 Å². The van der Waals surface area contributed by atoms with E-state index in [2.05, 4.69) is 16.4 Å². The smallest absolute Gasteiger partial charge is 0.312 e. The molecule has 0 bridgehead atoms. The van der Waals surface area contributed by atoms with Crippen LogP contribution in [0.15, 0.2) is 0 Å². The van der Waals surface area contributed by atoms with Gasteiger partial charge in [-0.05, 0) is 6.54 Å². The van der Waals surface area contributed by atoms with Crippen molar-refractivity contribution in [3.63, 3.8) is 0 Å². The predicted molar refractivity (Wildman–Crippen MR) is 50.5 cm³/mol. The first-order chi connectivity index (χ1) is 6.01. The van der Waals surface area contributed by atoms with Crippen LogP contribution in [-0.4, -0.2) is 47.6 Å². The number of hydrogen-bond donors (Lipinski definition) is 1. The summed E-state index contributed by atoms with van der Waals surface area (Å²) in [7, 11) is 0. The molecule has 0 aromatic rings. The maximum Gasteiger partial charge on any atom is 0.438 e. The maximum atomic E-state index is 10.7. The first kappa shape index (κ1) is 11.4. The summed E-state index contributed by atoms with van der Waals surface area (Å²) in [5.74, 6) is 0. The monoisotopic (exact) mass is 228 g/mol. The molecular weight excluding hydrogens is 215 g/mol. The summed E-state index contributed by atoms with van der Waals surface area (Å²) in [6, 6.07) is 0. The Morgan fingerprint density at radius 3 is 2.38 bits per heavy atom. The van der Waals surface area contributed by atoms with Gasteiger partial charge in [0.05, 0.1) is 0 Å². The van der Waals surface area contributed by atoms with Gasteiger partial charge in [-0.15, -0.1) is 0 Å². The Morgan fingerprint density at radius 1 is 1.46 bits per heavy atom. The zero-order chi connectivity index (χ0) is 9.90. The van der Waals surface area contributed by atoms with Crippen molar-refractivity contribution in [2.45, 2.75) is 6.92 Å². The van der Waals surface area contributed by atoms with E-state index in [1.54, 1.807) is 0 Å². The first-order valence-electron chi connectivity index (χ1n) is 4.20. The summed E-state index contributed by atoms with van der Waals surface area (Å²) in [5.41, 5.74) is 0. The molecule has 1 saturated heterocycles. The molecule has 1 unspecified atom stereocenters. The minimum absolute atomic E-state index is 0.616. The standard InChI is InChI=1S/C6H14ClN2O3P/c1-2-8-3-5-9(6-4-8)12-13(7,10)11/h2-6H2,1H3,(H,10,11). The Bertz CT molecular complexity index is 202. The van der Waals surface area contributed by atoms with Gasteiger partial charge in [-0.1, -0.05) is 6.92 Å². The van der Waals surface area contributed by atoms with E-state index in [-0.39, 0.29) is 0 Å². The van der Waals surface area contributed by atoms with Crippen LogP contribution in [0.4, 0.5) is 0 Å². The zero-order valence-electron chi connectivity index (χ0n) is 7.52. The minimum Gasteiger partial charge on any atom is -0.312 e. The zero-order valence-corrected chi connectivity index (χ0v) is 9.17. The molecule has 0 saturated carbocycles. The molecule has 0 amide bonds. The number of likely N-dealkylation sites (N-methyl/N-ethyl adjacent to an activating group) is 1. The van der Waals surface area contributed by atoms with Gasteiger partial charge in [-0.25, -0.2) is 9.19 Å². The van der Waals surface area contributed by atoms with Crippen LogP contribution < -0.4 is 0 Å². The summed E-state index contributed by atoms with van der Waals surface area (Å²) in [5, 5.41) is 1.44. The number of piperazine rings is 1. The highest BCUT2D eigenvalue weighted by Gasteiger charge is 2.23. The highest BCUT2D eigenvalue weighted by molar-refractivity contribution is 7.80. The van der Waals surface area contributed by atoms with E-state index in [0.29, 0.717) is 13.1 Å². The number of rotatable bonds is 3. The molecule has 0 radical (unpaired) electrons. The summed E-state index contributed by atoms with van der Waals surface area (Å²) in [4.78, 5) is 11.0. The second kappa shape index (κ2) is 4.73. The van der Waals surface area contributed by atoms with Crippen molar-refractivity contribution in [3.8, 4) is 0 Å². The third kappa shape index (κ3) is 4.40. The van der Waals surface area contributed by atoms with Crippen LogP contribution >= 0.6 is 18.2 Å². The highest BCUT2D eigenvalue weighted by Crippen LogP contribution is 2.48. The summed E-state index contributed by atoms with van der Waals surface area (Å²) in [6.45, 7) is 2.10. The normalized spacial score (nSPS) is 25.8. The average molecular weight is 229 g/mol. The second-order valence-electron chi connectivity index (χ2n) is 2.90. The van der Waals surface area contributed by atoms with Crippen molar-refractivity contribution in [1.82, 2.24) is 9.96 Å². The lowest BCUT2D eigenvalue weighted by Crippen LogP contribution is -2.45. The van der Waals surface area contributed by atoms with E-state index < -0.39 is 6.95 Å². The molecule has 0 spiro atoms. The van der Waals surface area contributed by atoms with E-state index in [4.69, 9.17) is 16.1 Å². The van der Waals surface area contributed by atoms with Crippen molar-refractivity contribution in [3.05, 3.63) is 0 Å². The Balaban J connectivity index is 2.29. The van der Waals surface area contributed by atoms with Crippen LogP contribution in [0.3, 0.4) is 0 Å². The molecule has 0 aromatic carbocycles. The number of halogens is 1. The minimum atomic E-state index is -3.88. The van der Waals surface area contributed by atoms with Crippen LogP contribution in [-0.2, 0) is 9.19 Å². The van der Waals surface area contributed by atoms with Crippen LogP contribution in [0, 0.1) is 0 Å². The fourth-order valence-corrected chi connectivity index (χ4v) is 1.98. The van der Waals surface area contributed by atoms with Crippen molar-refractivity contribution in [2.75, 3.05) is 32.7 Å². The van der Waals surface area contributed by atoms with Crippen molar-refractivity contribution >= 4 is 18.2 Å². The van der Waals surface area contributed by atoms with Crippen molar-refractivity contribution < 1.29 is 14.1 Å². The molecule has 1 aliphatic heterocycles.